The van der Waals surface area contributed by atoms with Gasteiger partial charge in [-0.3, -0.25) is 4.79 Å². The van der Waals surface area contributed by atoms with Gasteiger partial charge in [0.05, 0.1) is 16.4 Å². The Balaban J connectivity index is 1.59. The maximum atomic E-state index is 12.9. The van der Waals surface area contributed by atoms with Gasteiger partial charge < -0.3 is 24.6 Å². The average Bonchev–Trinajstić information content (AvgIpc) is 2.69. The van der Waals surface area contributed by atoms with Crippen LogP contribution in [0.2, 0.25) is 10.0 Å². The van der Waals surface area contributed by atoms with Crippen LogP contribution in [0.3, 0.4) is 0 Å². The lowest BCUT2D eigenvalue weighted by atomic mass is 10.1. The highest BCUT2D eigenvalue weighted by Crippen LogP contribution is 2.39. The molecule has 1 saturated heterocycles. The van der Waals surface area contributed by atoms with Crippen molar-refractivity contribution >= 4 is 40.5 Å². The molecule has 2 aliphatic rings. The lowest BCUT2D eigenvalue weighted by Crippen LogP contribution is -2.44. The van der Waals surface area contributed by atoms with E-state index < -0.39 is 0 Å². The van der Waals surface area contributed by atoms with Crippen molar-refractivity contribution in [3.8, 4) is 11.5 Å². The maximum absolute atomic E-state index is 12.9. The molecular formula is C20H21Cl2N3O3. The summed E-state index contributed by atoms with van der Waals surface area (Å²) in [4.78, 5) is 17.4. The summed E-state index contributed by atoms with van der Waals surface area (Å²) in [5.41, 5.74) is 2.03. The molecule has 2 heterocycles. The number of halogens is 2. The van der Waals surface area contributed by atoms with Crippen molar-refractivity contribution in [3.63, 3.8) is 0 Å². The number of ether oxygens (including phenoxy) is 2. The minimum atomic E-state index is -0.281. The molecule has 1 amide bonds. The van der Waals surface area contributed by atoms with Crippen LogP contribution in [0.1, 0.15) is 10.4 Å². The molecule has 1 N–H and O–H groups in total. The monoisotopic (exact) mass is 421 g/mol. The summed E-state index contributed by atoms with van der Waals surface area (Å²) in [6.07, 6.45) is 0. The number of rotatable bonds is 3. The topological polar surface area (TPSA) is 54.0 Å². The fourth-order valence-corrected chi connectivity index (χ4v) is 3.81. The molecule has 0 bridgehead atoms. The van der Waals surface area contributed by atoms with Gasteiger partial charge in [-0.15, -0.1) is 0 Å². The maximum Gasteiger partial charge on any atom is 0.255 e. The number of nitrogens with one attached hydrogen (secondary N) is 1. The van der Waals surface area contributed by atoms with Crippen LogP contribution in [0.5, 0.6) is 11.5 Å². The molecule has 0 radical (unpaired) electrons. The highest BCUT2D eigenvalue weighted by atomic mass is 35.5. The highest BCUT2D eigenvalue weighted by molar-refractivity contribution is 6.33. The zero-order valence-corrected chi connectivity index (χ0v) is 17.0. The number of fused-ring (bicyclic) bond motifs is 1. The fourth-order valence-electron chi connectivity index (χ4n) is 3.37. The predicted molar refractivity (Wildman–Crippen MR) is 112 cm³/mol. The Labute approximate surface area is 173 Å². The number of anilines is 2. The van der Waals surface area contributed by atoms with Crippen molar-refractivity contribution in [2.75, 3.05) is 56.7 Å². The Bertz CT molecular complexity index is 899. The number of carbonyl (C=O) groups is 1. The standard InChI is InChI=1S/C20H21Cl2N3O3/c1-24-4-6-25(7-5-24)17-3-2-14(21)12-16(17)23-20(26)13-10-15(22)19-18(11-13)27-8-9-28-19/h2-3,10-12H,4-9H2,1H3,(H,23,26). The van der Waals surface area contributed by atoms with Crippen molar-refractivity contribution in [1.29, 1.82) is 0 Å². The Morgan fingerprint density at radius 1 is 1.04 bits per heavy atom. The van der Waals surface area contributed by atoms with E-state index in [1.165, 1.54) is 0 Å². The third-order valence-corrected chi connectivity index (χ3v) is 5.43. The molecule has 2 aliphatic heterocycles. The number of hydrogen-bond donors (Lipinski definition) is 1. The van der Waals surface area contributed by atoms with Gasteiger partial charge in [0.15, 0.2) is 11.5 Å². The van der Waals surface area contributed by atoms with Crippen molar-refractivity contribution in [3.05, 3.63) is 45.9 Å². The van der Waals surface area contributed by atoms with E-state index in [4.69, 9.17) is 32.7 Å². The van der Waals surface area contributed by atoms with Gasteiger partial charge in [0, 0.05) is 36.8 Å². The quantitative estimate of drug-likeness (QED) is 0.817. The summed E-state index contributed by atoms with van der Waals surface area (Å²) in [7, 11) is 2.10. The largest absolute Gasteiger partial charge is 0.486 e. The van der Waals surface area contributed by atoms with Gasteiger partial charge >= 0.3 is 0 Å². The first-order valence-electron chi connectivity index (χ1n) is 9.15. The number of amides is 1. The summed E-state index contributed by atoms with van der Waals surface area (Å²) >= 11 is 12.5. The molecule has 2 aromatic rings. The van der Waals surface area contributed by atoms with E-state index in [9.17, 15) is 4.79 Å². The van der Waals surface area contributed by atoms with Crippen LogP contribution >= 0.6 is 23.2 Å². The van der Waals surface area contributed by atoms with Crippen LogP contribution in [0.15, 0.2) is 30.3 Å². The van der Waals surface area contributed by atoms with Gasteiger partial charge in [-0.25, -0.2) is 0 Å². The van der Waals surface area contributed by atoms with Crippen LogP contribution in [-0.2, 0) is 0 Å². The molecular weight excluding hydrogens is 401 g/mol. The first kappa shape index (κ1) is 19.2. The van der Waals surface area contributed by atoms with Crippen LogP contribution in [-0.4, -0.2) is 57.2 Å². The summed E-state index contributed by atoms with van der Waals surface area (Å²) in [5, 5.41) is 3.89. The van der Waals surface area contributed by atoms with E-state index in [0.717, 1.165) is 31.9 Å². The number of piperazine rings is 1. The number of carbonyl (C=O) groups excluding carboxylic acids is 1. The lowest BCUT2D eigenvalue weighted by molar-refractivity contribution is 0.102. The molecule has 2 aromatic carbocycles. The van der Waals surface area contributed by atoms with Crippen LogP contribution in [0, 0.1) is 0 Å². The van der Waals surface area contributed by atoms with Gasteiger partial charge in [-0.2, -0.15) is 0 Å². The Kier molecular flexibility index (Phi) is 5.53. The second-order valence-corrected chi connectivity index (χ2v) is 7.73. The van der Waals surface area contributed by atoms with E-state index in [2.05, 4.69) is 22.2 Å². The molecule has 0 unspecified atom stereocenters. The smallest absolute Gasteiger partial charge is 0.255 e. The van der Waals surface area contributed by atoms with E-state index in [0.29, 0.717) is 46.0 Å². The molecule has 4 rings (SSSR count). The van der Waals surface area contributed by atoms with Crippen molar-refractivity contribution in [2.45, 2.75) is 0 Å². The first-order chi connectivity index (χ1) is 13.5. The van der Waals surface area contributed by atoms with Gasteiger partial charge in [-0.05, 0) is 37.4 Å². The molecule has 6 nitrogen and oxygen atoms in total. The van der Waals surface area contributed by atoms with E-state index >= 15 is 0 Å². The zero-order chi connectivity index (χ0) is 19.7. The van der Waals surface area contributed by atoms with E-state index in [1.807, 2.05) is 12.1 Å². The van der Waals surface area contributed by atoms with E-state index in [1.54, 1.807) is 18.2 Å². The van der Waals surface area contributed by atoms with Crippen molar-refractivity contribution < 1.29 is 14.3 Å². The highest BCUT2D eigenvalue weighted by Gasteiger charge is 2.22. The zero-order valence-electron chi connectivity index (χ0n) is 15.5. The van der Waals surface area contributed by atoms with Gasteiger partial charge in [0.2, 0.25) is 0 Å². The Hall–Kier alpha value is -2.15. The molecule has 1 fully saturated rings. The minimum Gasteiger partial charge on any atom is -0.486 e. The Morgan fingerprint density at radius 3 is 2.57 bits per heavy atom. The third kappa shape index (κ3) is 3.99. The minimum absolute atomic E-state index is 0.281. The second-order valence-electron chi connectivity index (χ2n) is 6.89. The normalized spacial score (nSPS) is 16.8. The molecule has 0 aromatic heterocycles. The van der Waals surface area contributed by atoms with Crippen LogP contribution in [0.4, 0.5) is 11.4 Å². The summed E-state index contributed by atoms with van der Waals surface area (Å²) in [5.74, 6) is 0.677. The first-order valence-corrected chi connectivity index (χ1v) is 9.90. The second kappa shape index (κ2) is 8.07. The van der Waals surface area contributed by atoms with Gasteiger partial charge in [-0.1, -0.05) is 23.2 Å². The number of hydrogen-bond acceptors (Lipinski definition) is 5. The van der Waals surface area contributed by atoms with Crippen molar-refractivity contribution in [2.24, 2.45) is 0 Å². The van der Waals surface area contributed by atoms with Gasteiger partial charge in [0.1, 0.15) is 13.2 Å². The Morgan fingerprint density at radius 2 is 1.79 bits per heavy atom. The summed E-state index contributed by atoms with van der Waals surface area (Å²) in [6.45, 7) is 4.57. The molecule has 148 valence electrons. The fraction of sp³-hybridized carbons (Fsp3) is 0.350. The molecule has 0 saturated carbocycles. The third-order valence-electron chi connectivity index (χ3n) is 4.91. The predicted octanol–water partition coefficient (Wildman–Crippen LogP) is 3.77. The molecule has 0 spiro atoms. The van der Waals surface area contributed by atoms with Crippen molar-refractivity contribution in [1.82, 2.24) is 4.90 Å². The molecule has 28 heavy (non-hydrogen) atoms. The SMILES string of the molecule is CN1CCN(c2ccc(Cl)cc2NC(=O)c2cc(Cl)c3c(c2)OCCO3)CC1. The number of nitrogens with zero attached hydrogens (tertiary/aromatic N) is 2. The van der Waals surface area contributed by atoms with Gasteiger partial charge in [0.25, 0.3) is 5.91 Å². The van der Waals surface area contributed by atoms with Crippen LogP contribution in [0.25, 0.3) is 0 Å². The van der Waals surface area contributed by atoms with Crippen LogP contribution < -0.4 is 19.7 Å². The molecule has 8 heteroatoms. The number of likely N-dealkylation sites (N-methyl/N-ethyl adjacent to an activating group) is 1. The lowest BCUT2D eigenvalue weighted by Gasteiger charge is -2.35. The number of benzene rings is 2. The molecule has 0 atom stereocenters. The molecule has 0 aliphatic carbocycles. The summed E-state index contributed by atoms with van der Waals surface area (Å²) < 4.78 is 11.1. The summed E-state index contributed by atoms with van der Waals surface area (Å²) in [6, 6.07) is 8.79. The average molecular weight is 422 g/mol. The van der Waals surface area contributed by atoms with E-state index in [-0.39, 0.29) is 5.91 Å².